The van der Waals surface area contributed by atoms with Crippen molar-refractivity contribution in [2.75, 3.05) is 14.1 Å². The number of nitrogens with zero attached hydrogens (tertiary/aromatic N) is 2. The number of nitrogens with one attached hydrogen (secondary N) is 1. The Bertz CT molecular complexity index is 335. The van der Waals surface area contributed by atoms with Crippen LogP contribution in [0.1, 0.15) is 5.56 Å². The van der Waals surface area contributed by atoms with Crippen molar-refractivity contribution in [3.05, 3.63) is 29.8 Å². The predicted molar refractivity (Wildman–Crippen MR) is 54.3 cm³/mol. The molecular formula is C9H13N3O3. The molecule has 0 bridgehead atoms. The molecular weight excluding hydrogens is 198 g/mol. The first-order valence-electron chi connectivity index (χ1n) is 4.25. The Kier molecular flexibility index (Phi) is 4.04. The molecule has 0 radical (unpaired) electrons. The highest BCUT2D eigenvalue weighted by Gasteiger charge is 2.03. The van der Waals surface area contributed by atoms with E-state index in [1.165, 1.54) is 19.2 Å². The molecule has 3 N–H and O–H groups in total. The maximum atomic E-state index is 9.09. The zero-order valence-electron chi connectivity index (χ0n) is 8.51. The first-order valence-corrected chi connectivity index (χ1v) is 4.25. The Morgan fingerprint density at radius 3 is 2.47 bits per heavy atom. The summed E-state index contributed by atoms with van der Waals surface area (Å²) in [7, 11) is 2.90. The fourth-order valence-corrected chi connectivity index (χ4v) is 0.962. The highest BCUT2D eigenvalue weighted by molar-refractivity contribution is 5.98. The standard InChI is InChI=1S/C9H13N3O3/c1-10-9(11-15-12(2)14)7-3-5-8(13)6-4-7/h3-6,13-14H,1-2H3,(H,10,11). The topological polar surface area (TPSA) is 77.3 Å². The molecule has 0 saturated heterocycles. The van der Waals surface area contributed by atoms with Gasteiger partial charge in [0.25, 0.3) is 0 Å². The minimum Gasteiger partial charge on any atom is -0.508 e. The Labute approximate surface area is 87.3 Å². The van der Waals surface area contributed by atoms with Crippen molar-refractivity contribution in [2.24, 2.45) is 4.99 Å². The van der Waals surface area contributed by atoms with E-state index in [0.29, 0.717) is 11.1 Å². The molecule has 0 saturated carbocycles. The number of hydroxylamine groups is 3. The van der Waals surface area contributed by atoms with Crippen LogP contribution in [0.25, 0.3) is 0 Å². The van der Waals surface area contributed by atoms with Crippen LogP contribution in [0.4, 0.5) is 0 Å². The number of amidine groups is 1. The minimum absolute atomic E-state index is 0.175. The van der Waals surface area contributed by atoms with E-state index in [2.05, 4.69) is 15.4 Å². The van der Waals surface area contributed by atoms with Crippen LogP contribution in [0.5, 0.6) is 5.75 Å². The van der Waals surface area contributed by atoms with Gasteiger partial charge in [-0.2, -0.15) is 4.94 Å². The maximum absolute atomic E-state index is 9.09. The Hall–Kier alpha value is -1.63. The second-order valence-corrected chi connectivity index (χ2v) is 2.78. The first kappa shape index (κ1) is 11.4. The molecule has 0 spiro atoms. The summed E-state index contributed by atoms with van der Waals surface area (Å²) in [6.07, 6.45) is 0. The van der Waals surface area contributed by atoms with Gasteiger partial charge in [-0.3, -0.25) is 10.2 Å². The third-order valence-electron chi connectivity index (χ3n) is 1.64. The SMILES string of the molecule is CN=C(NON(C)O)c1ccc(O)cc1. The van der Waals surface area contributed by atoms with Gasteiger partial charge in [-0.25, -0.2) is 5.48 Å². The van der Waals surface area contributed by atoms with Gasteiger partial charge in [-0.1, -0.05) is 0 Å². The van der Waals surface area contributed by atoms with Gasteiger partial charge in [-0.05, 0) is 29.5 Å². The van der Waals surface area contributed by atoms with Crippen molar-refractivity contribution in [2.45, 2.75) is 0 Å². The van der Waals surface area contributed by atoms with Crippen molar-refractivity contribution in [3.63, 3.8) is 0 Å². The van der Waals surface area contributed by atoms with Gasteiger partial charge in [-0.15, -0.1) is 0 Å². The van der Waals surface area contributed by atoms with Gasteiger partial charge in [0.05, 0.1) is 0 Å². The molecule has 0 heterocycles. The van der Waals surface area contributed by atoms with E-state index in [9.17, 15) is 0 Å². The summed E-state index contributed by atoms with van der Waals surface area (Å²) >= 11 is 0. The molecule has 1 aromatic carbocycles. The third kappa shape index (κ3) is 3.55. The van der Waals surface area contributed by atoms with Gasteiger partial charge < -0.3 is 5.11 Å². The number of hydrogen-bond acceptors (Lipinski definition) is 5. The largest absolute Gasteiger partial charge is 0.508 e. The van der Waals surface area contributed by atoms with Gasteiger partial charge in [0.1, 0.15) is 5.75 Å². The van der Waals surface area contributed by atoms with Crippen molar-refractivity contribution in [1.82, 2.24) is 10.7 Å². The number of phenols is 1. The molecule has 1 rings (SSSR count). The number of phenolic OH excluding ortho intramolecular Hbond substituents is 1. The monoisotopic (exact) mass is 211 g/mol. The molecule has 0 fully saturated rings. The summed E-state index contributed by atoms with van der Waals surface area (Å²) in [6.45, 7) is 0. The van der Waals surface area contributed by atoms with E-state index in [-0.39, 0.29) is 5.75 Å². The van der Waals surface area contributed by atoms with E-state index in [1.807, 2.05) is 0 Å². The van der Waals surface area contributed by atoms with Crippen LogP contribution in [-0.2, 0) is 4.94 Å². The maximum Gasteiger partial charge on any atom is 0.153 e. The normalized spacial score (nSPS) is 11.9. The number of aromatic hydroxyl groups is 1. The molecule has 0 aliphatic rings. The summed E-state index contributed by atoms with van der Waals surface area (Å²) in [5.74, 6) is 0.616. The van der Waals surface area contributed by atoms with Gasteiger partial charge in [0.2, 0.25) is 0 Å². The molecule has 0 amide bonds. The lowest BCUT2D eigenvalue weighted by Crippen LogP contribution is -2.31. The molecule has 0 aliphatic carbocycles. The zero-order chi connectivity index (χ0) is 11.3. The molecule has 0 aromatic heterocycles. The number of rotatable bonds is 3. The highest BCUT2D eigenvalue weighted by atomic mass is 17.0. The Morgan fingerprint density at radius 2 is 2.00 bits per heavy atom. The van der Waals surface area contributed by atoms with E-state index in [0.717, 1.165) is 5.56 Å². The molecule has 1 aromatic rings. The molecule has 82 valence electrons. The fourth-order valence-electron chi connectivity index (χ4n) is 0.962. The lowest BCUT2D eigenvalue weighted by Gasteiger charge is -2.11. The Balaban J connectivity index is 2.71. The van der Waals surface area contributed by atoms with Crippen molar-refractivity contribution >= 4 is 5.84 Å². The van der Waals surface area contributed by atoms with E-state index in [1.54, 1.807) is 19.2 Å². The van der Waals surface area contributed by atoms with Crippen molar-refractivity contribution < 1.29 is 15.3 Å². The third-order valence-corrected chi connectivity index (χ3v) is 1.64. The van der Waals surface area contributed by atoms with Gasteiger partial charge in [0.15, 0.2) is 5.84 Å². The minimum atomic E-state index is 0.175. The van der Waals surface area contributed by atoms with Crippen molar-refractivity contribution in [3.8, 4) is 5.75 Å². The average molecular weight is 211 g/mol. The average Bonchev–Trinajstić information content (AvgIpc) is 2.21. The van der Waals surface area contributed by atoms with Crippen LogP contribution in [0.3, 0.4) is 0 Å². The van der Waals surface area contributed by atoms with E-state index < -0.39 is 0 Å². The molecule has 0 atom stereocenters. The van der Waals surface area contributed by atoms with Crippen LogP contribution in [0.15, 0.2) is 29.3 Å². The lowest BCUT2D eigenvalue weighted by molar-refractivity contribution is -0.343. The molecule has 0 unspecified atom stereocenters. The quantitative estimate of drug-likeness (QED) is 0.386. The fraction of sp³-hybridized carbons (Fsp3) is 0.222. The van der Waals surface area contributed by atoms with E-state index >= 15 is 0 Å². The van der Waals surface area contributed by atoms with Crippen LogP contribution in [0.2, 0.25) is 0 Å². The second kappa shape index (κ2) is 5.30. The van der Waals surface area contributed by atoms with Crippen LogP contribution in [-0.4, -0.2) is 35.5 Å². The van der Waals surface area contributed by atoms with Crippen molar-refractivity contribution in [1.29, 1.82) is 0 Å². The summed E-state index contributed by atoms with van der Waals surface area (Å²) in [5.41, 5.74) is 3.18. The second-order valence-electron chi connectivity index (χ2n) is 2.78. The number of benzene rings is 1. The van der Waals surface area contributed by atoms with Gasteiger partial charge >= 0.3 is 0 Å². The highest BCUT2D eigenvalue weighted by Crippen LogP contribution is 2.09. The van der Waals surface area contributed by atoms with Crippen LogP contribution < -0.4 is 5.48 Å². The lowest BCUT2D eigenvalue weighted by atomic mass is 10.2. The molecule has 0 aliphatic heterocycles. The number of aliphatic imine (C=N–C) groups is 1. The molecule has 15 heavy (non-hydrogen) atoms. The summed E-state index contributed by atoms with van der Waals surface area (Å²) in [5, 5.41) is 18.4. The smallest absolute Gasteiger partial charge is 0.153 e. The summed E-state index contributed by atoms with van der Waals surface area (Å²) in [6, 6.07) is 6.41. The van der Waals surface area contributed by atoms with E-state index in [4.69, 9.17) is 10.3 Å². The summed E-state index contributed by atoms with van der Waals surface area (Å²) in [4.78, 5) is 8.55. The Morgan fingerprint density at radius 1 is 1.40 bits per heavy atom. The first-order chi connectivity index (χ1) is 7.13. The molecule has 6 nitrogen and oxygen atoms in total. The van der Waals surface area contributed by atoms with Crippen LogP contribution in [0, 0.1) is 0 Å². The van der Waals surface area contributed by atoms with Gasteiger partial charge in [0, 0.05) is 19.7 Å². The molecule has 6 heteroatoms. The zero-order valence-corrected chi connectivity index (χ0v) is 8.51. The predicted octanol–water partition coefficient (Wildman–Crippen LogP) is 0.526. The van der Waals surface area contributed by atoms with Crippen LogP contribution >= 0.6 is 0 Å². The number of hydrogen-bond donors (Lipinski definition) is 3. The summed E-state index contributed by atoms with van der Waals surface area (Å²) < 4.78 is 0.